The van der Waals surface area contributed by atoms with Gasteiger partial charge in [0.15, 0.2) is 0 Å². The largest absolute Gasteiger partial charge is 0.486 e. The van der Waals surface area contributed by atoms with Gasteiger partial charge in [0.1, 0.15) is 24.7 Å². The van der Waals surface area contributed by atoms with E-state index in [1.54, 1.807) is 0 Å². The number of rotatable bonds is 6. The zero-order chi connectivity index (χ0) is 18.5. The number of hydrogen-bond donors (Lipinski definition) is 1. The highest BCUT2D eigenvalue weighted by Gasteiger charge is 2.18. The van der Waals surface area contributed by atoms with E-state index in [1.807, 2.05) is 59.2 Å². The second-order valence-electron chi connectivity index (χ2n) is 7.11. The van der Waals surface area contributed by atoms with Crippen LogP contribution in [0.3, 0.4) is 0 Å². The third-order valence-electron chi connectivity index (χ3n) is 5.12. The second-order valence-corrected chi connectivity index (χ2v) is 7.11. The fraction of sp³-hybridized carbons (Fsp3) is 0.364. The van der Waals surface area contributed by atoms with Crippen LogP contribution in [0.2, 0.25) is 0 Å². The number of nitrogens with zero attached hydrogens (tertiary/aromatic N) is 2. The molecule has 5 nitrogen and oxygen atoms in total. The van der Waals surface area contributed by atoms with Crippen LogP contribution in [0, 0.1) is 0 Å². The van der Waals surface area contributed by atoms with Crippen LogP contribution in [0.15, 0.2) is 54.6 Å². The van der Waals surface area contributed by atoms with Crippen LogP contribution in [-0.2, 0) is 17.9 Å². The van der Waals surface area contributed by atoms with Crippen LogP contribution in [0.4, 0.5) is 0 Å². The maximum absolute atomic E-state index is 12.6. The number of aromatic nitrogens is 2. The average Bonchev–Trinajstić information content (AvgIpc) is 3.05. The lowest BCUT2D eigenvalue weighted by atomic mass is 9.95. The fourth-order valence-electron chi connectivity index (χ4n) is 3.74. The van der Waals surface area contributed by atoms with Gasteiger partial charge in [0.2, 0.25) is 5.91 Å². The minimum atomic E-state index is 0.0472. The summed E-state index contributed by atoms with van der Waals surface area (Å²) >= 11 is 0. The summed E-state index contributed by atoms with van der Waals surface area (Å²) in [6.07, 6.45) is 5.85. The summed E-state index contributed by atoms with van der Waals surface area (Å²) in [5.74, 6) is 1.60. The van der Waals surface area contributed by atoms with Crippen molar-refractivity contribution in [2.24, 2.45) is 0 Å². The first-order valence-electron chi connectivity index (χ1n) is 9.71. The first-order chi connectivity index (χ1) is 13.3. The number of amides is 1. The molecule has 2 aromatic carbocycles. The van der Waals surface area contributed by atoms with Crippen molar-refractivity contribution in [3.8, 4) is 5.75 Å². The molecule has 0 bridgehead atoms. The highest BCUT2D eigenvalue weighted by atomic mass is 16.5. The van der Waals surface area contributed by atoms with Gasteiger partial charge in [-0.2, -0.15) is 0 Å². The third-order valence-corrected chi connectivity index (χ3v) is 5.12. The summed E-state index contributed by atoms with van der Waals surface area (Å²) < 4.78 is 7.85. The minimum absolute atomic E-state index is 0.0472. The van der Waals surface area contributed by atoms with Crippen molar-refractivity contribution >= 4 is 16.9 Å². The van der Waals surface area contributed by atoms with Gasteiger partial charge in [-0.25, -0.2) is 4.98 Å². The first kappa shape index (κ1) is 17.6. The van der Waals surface area contributed by atoms with E-state index in [2.05, 4.69) is 10.3 Å². The third kappa shape index (κ3) is 4.30. The first-order valence-corrected chi connectivity index (χ1v) is 9.71. The normalized spacial score (nSPS) is 15.0. The van der Waals surface area contributed by atoms with E-state index in [9.17, 15) is 4.79 Å². The van der Waals surface area contributed by atoms with Crippen molar-refractivity contribution in [2.45, 2.75) is 51.3 Å². The van der Waals surface area contributed by atoms with Crippen LogP contribution < -0.4 is 10.1 Å². The van der Waals surface area contributed by atoms with Gasteiger partial charge in [-0.1, -0.05) is 49.6 Å². The second kappa shape index (κ2) is 8.25. The predicted octanol–water partition coefficient (Wildman–Crippen LogP) is 4.06. The van der Waals surface area contributed by atoms with Gasteiger partial charge in [-0.05, 0) is 37.1 Å². The standard InChI is InChI=1S/C22H25N3O2/c26-22(23-17-9-3-1-4-10-17)15-25-20-14-8-7-13-19(20)24-21(25)16-27-18-11-5-2-6-12-18/h2,5-8,11-14,17H,1,3-4,9-10,15-16H2,(H,23,26). The molecule has 0 atom stereocenters. The van der Waals surface area contributed by atoms with Crippen LogP contribution in [-0.4, -0.2) is 21.5 Å². The van der Waals surface area contributed by atoms with Crippen molar-refractivity contribution in [1.82, 2.24) is 14.9 Å². The summed E-state index contributed by atoms with van der Waals surface area (Å²) in [5, 5.41) is 3.19. The Balaban J connectivity index is 1.51. The minimum Gasteiger partial charge on any atom is -0.486 e. The lowest BCUT2D eigenvalue weighted by molar-refractivity contribution is -0.122. The van der Waals surface area contributed by atoms with Crippen molar-refractivity contribution in [2.75, 3.05) is 0 Å². The van der Waals surface area contributed by atoms with E-state index in [1.165, 1.54) is 19.3 Å². The number of ether oxygens (including phenoxy) is 1. The smallest absolute Gasteiger partial charge is 0.240 e. The van der Waals surface area contributed by atoms with Gasteiger partial charge in [0.25, 0.3) is 0 Å². The molecule has 0 aliphatic heterocycles. The van der Waals surface area contributed by atoms with Gasteiger partial charge in [-0.3, -0.25) is 4.79 Å². The van der Waals surface area contributed by atoms with Crippen molar-refractivity contribution < 1.29 is 9.53 Å². The molecular weight excluding hydrogens is 338 g/mol. The fourth-order valence-corrected chi connectivity index (χ4v) is 3.74. The maximum atomic E-state index is 12.6. The van der Waals surface area contributed by atoms with Crippen LogP contribution in [0.25, 0.3) is 11.0 Å². The highest BCUT2D eigenvalue weighted by molar-refractivity contribution is 5.81. The number of carbonyl (C=O) groups excluding carboxylic acids is 1. The molecule has 0 unspecified atom stereocenters. The van der Waals surface area contributed by atoms with Crippen LogP contribution in [0.1, 0.15) is 37.9 Å². The summed E-state index contributed by atoms with van der Waals surface area (Å²) in [6, 6.07) is 17.9. The Hall–Kier alpha value is -2.82. The molecule has 1 aromatic heterocycles. The molecule has 140 valence electrons. The topological polar surface area (TPSA) is 56.2 Å². The van der Waals surface area contributed by atoms with E-state index in [-0.39, 0.29) is 12.5 Å². The molecule has 3 aromatic rings. The van der Waals surface area contributed by atoms with E-state index >= 15 is 0 Å². The summed E-state index contributed by atoms with van der Waals surface area (Å²) in [7, 11) is 0. The van der Waals surface area contributed by atoms with E-state index < -0.39 is 0 Å². The van der Waals surface area contributed by atoms with Gasteiger partial charge in [0, 0.05) is 6.04 Å². The molecule has 1 heterocycles. The van der Waals surface area contributed by atoms with E-state index in [4.69, 9.17) is 4.74 Å². The van der Waals surface area contributed by atoms with Crippen LogP contribution >= 0.6 is 0 Å². The molecule has 1 N–H and O–H groups in total. The Labute approximate surface area is 159 Å². The number of fused-ring (bicyclic) bond motifs is 1. The molecular formula is C22H25N3O2. The SMILES string of the molecule is O=C(Cn1c(COc2ccccc2)nc2ccccc21)NC1CCCCC1. The molecule has 1 aliphatic carbocycles. The molecule has 0 spiro atoms. The number of hydrogen-bond acceptors (Lipinski definition) is 3. The Morgan fingerprint density at radius 2 is 1.78 bits per heavy atom. The Kier molecular flexibility index (Phi) is 5.37. The van der Waals surface area contributed by atoms with Crippen molar-refractivity contribution in [3.63, 3.8) is 0 Å². The lowest BCUT2D eigenvalue weighted by Crippen LogP contribution is -2.38. The number of nitrogens with one attached hydrogen (secondary N) is 1. The van der Waals surface area contributed by atoms with E-state index in [0.29, 0.717) is 12.6 Å². The van der Waals surface area contributed by atoms with Gasteiger partial charge in [0.05, 0.1) is 11.0 Å². The molecule has 5 heteroatoms. The Morgan fingerprint density at radius 3 is 2.59 bits per heavy atom. The average molecular weight is 363 g/mol. The molecule has 1 aliphatic rings. The Bertz CT molecular complexity index is 898. The maximum Gasteiger partial charge on any atom is 0.240 e. The number of imidazole rings is 1. The number of benzene rings is 2. The number of carbonyl (C=O) groups is 1. The van der Waals surface area contributed by atoms with E-state index in [0.717, 1.165) is 35.4 Å². The van der Waals surface area contributed by atoms with Gasteiger partial charge in [-0.15, -0.1) is 0 Å². The van der Waals surface area contributed by atoms with Gasteiger partial charge >= 0.3 is 0 Å². The highest BCUT2D eigenvalue weighted by Crippen LogP contribution is 2.20. The van der Waals surface area contributed by atoms with Crippen molar-refractivity contribution in [1.29, 1.82) is 0 Å². The Morgan fingerprint density at radius 1 is 1.04 bits per heavy atom. The zero-order valence-electron chi connectivity index (χ0n) is 15.4. The number of para-hydroxylation sites is 3. The zero-order valence-corrected chi connectivity index (χ0v) is 15.4. The molecule has 0 radical (unpaired) electrons. The predicted molar refractivity (Wildman–Crippen MR) is 106 cm³/mol. The van der Waals surface area contributed by atoms with Gasteiger partial charge < -0.3 is 14.6 Å². The summed E-state index contributed by atoms with van der Waals surface area (Å²) in [6.45, 7) is 0.597. The molecule has 4 rings (SSSR count). The summed E-state index contributed by atoms with van der Waals surface area (Å²) in [5.41, 5.74) is 1.84. The monoisotopic (exact) mass is 363 g/mol. The molecule has 0 saturated heterocycles. The molecule has 1 fully saturated rings. The quantitative estimate of drug-likeness (QED) is 0.718. The molecule has 1 saturated carbocycles. The lowest BCUT2D eigenvalue weighted by Gasteiger charge is -2.23. The molecule has 27 heavy (non-hydrogen) atoms. The van der Waals surface area contributed by atoms with Crippen molar-refractivity contribution in [3.05, 3.63) is 60.4 Å². The molecule has 1 amide bonds. The van der Waals surface area contributed by atoms with Crippen LogP contribution in [0.5, 0.6) is 5.75 Å². The summed E-state index contributed by atoms with van der Waals surface area (Å²) in [4.78, 5) is 17.3.